The first-order chi connectivity index (χ1) is 6.86. The highest BCUT2D eigenvalue weighted by Crippen LogP contribution is 2.10. The predicted octanol–water partition coefficient (Wildman–Crippen LogP) is 0.826. The smallest absolute Gasteiger partial charge is 0.137 e. The van der Waals surface area contributed by atoms with E-state index in [1.54, 1.807) is 19.5 Å². The van der Waals surface area contributed by atoms with Crippen LogP contribution in [0, 0.1) is 0 Å². The molecule has 14 heavy (non-hydrogen) atoms. The molecule has 0 bridgehead atoms. The van der Waals surface area contributed by atoms with Gasteiger partial charge in [-0.1, -0.05) is 0 Å². The lowest BCUT2D eigenvalue weighted by molar-refractivity contribution is 0.123. The number of ether oxygens (including phenoxy) is 2. The Labute approximate surface area is 84.3 Å². The SMILES string of the molecule is CNCCOCc1cncc(OC)c1. The Bertz CT molecular complexity index is 266. The highest BCUT2D eigenvalue weighted by Gasteiger charge is 1.96. The molecule has 0 atom stereocenters. The van der Waals surface area contributed by atoms with Crippen molar-refractivity contribution in [3.8, 4) is 5.75 Å². The lowest BCUT2D eigenvalue weighted by Crippen LogP contribution is -2.14. The number of hydrogen-bond donors (Lipinski definition) is 1. The Balaban J connectivity index is 2.34. The summed E-state index contributed by atoms with van der Waals surface area (Å²) < 4.78 is 10.5. The molecule has 0 saturated heterocycles. The number of aromatic nitrogens is 1. The Kier molecular flexibility index (Phi) is 4.96. The summed E-state index contributed by atoms with van der Waals surface area (Å²) in [5.41, 5.74) is 1.03. The molecule has 0 amide bonds. The fraction of sp³-hybridized carbons (Fsp3) is 0.500. The molecule has 1 aromatic heterocycles. The maximum Gasteiger partial charge on any atom is 0.137 e. The molecule has 1 heterocycles. The van der Waals surface area contributed by atoms with Crippen LogP contribution in [0.15, 0.2) is 18.5 Å². The summed E-state index contributed by atoms with van der Waals surface area (Å²) in [6.07, 6.45) is 3.46. The van der Waals surface area contributed by atoms with Crippen LogP contribution < -0.4 is 10.1 Å². The van der Waals surface area contributed by atoms with E-state index in [2.05, 4.69) is 10.3 Å². The molecule has 0 spiro atoms. The first kappa shape index (κ1) is 10.9. The van der Waals surface area contributed by atoms with Crippen LogP contribution in [0.1, 0.15) is 5.56 Å². The van der Waals surface area contributed by atoms with Gasteiger partial charge >= 0.3 is 0 Å². The molecule has 0 unspecified atom stereocenters. The molecule has 1 aromatic rings. The van der Waals surface area contributed by atoms with Gasteiger partial charge in [-0.2, -0.15) is 0 Å². The van der Waals surface area contributed by atoms with E-state index in [0.717, 1.165) is 17.9 Å². The summed E-state index contributed by atoms with van der Waals surface area (Å²) in [7, 11) is 3.53. The van der Waals surface area contributed by atoms with E-state index in [9.17, 15) is 0 Å². The molecule has 0 aliphatic rings. The molecule has 1 rings (SSSR count). The summed E-state index contributed by atoms with van der Waals surface area (Å²) in [5.74, 6) is 0.764. The summed E-state index contributed by atoms with van der Waals surface area (Å²) in [4.78, 5) is 4.03. The minimum atomic E-state index is 0.575. The number of methoxy groups -OCH3 is 1. The van der Waals surface area contributed by atoms with E-state index in [4.69, 9.17) is 9.47 Å². The quantitative estimate of drug-likeness (QED) is 0.684. The highest BCUT2D eigenvalue weighted by molar-refractivity contribution is 5.22. The van der Waals surface area contributed by atoms with Gasteiger partial charge in [-0.3, -0.25) is 4.98 Å². The molecular weight excluding hydrogens is 180 g/mol. The standard InChI is InChI=1S/C10H16N2O2/c1-11-3-4-14-8-9-5-10(13-2)7-12-6-9/h5-7,11H,3-4,8H2,1-2H3. The first-order valence-corrected chi connectivity index (χ1v) is 4.57. The summed E-state index contributed by atoms with van der Waals surface area (Å²) in [6, 6.07) is 1.92. The first-order valence-electron chi connectivity index (χ1n) is 4.57. The molecule has 4 nitrogen and oxygen atoms in total. The van der Waals surface area contributed by atoms with Crippen molar-refractivity contribution in [2.24, 2.45) is 0 Å². The van der Waals surface area contributed by atoms with Crippen molar-refractivity contribution in [1.82, 2.24) is 10.3 Å². The highest BCUT2D eigenvalue weighted by atomic mass is 16.5. The third-order valence-corrected chi connectivity index (χ3v) is 1.77. The summed E-state index contributed by atoms with van der Waals surface area (Å²) >= 11 is 0. The lowest BCUT2D eigenvalue weighted by atomic mass is 10.3. The fourth-order valence-corrected chi connectivity index (χ4v) is 1.02. The molecule has 0 saturated carbocycles. The van der Waals surface area contributed by atoms with Crippen LogP contribution in [0.5, 0.6) is 5.75 Å². The van der Waals surface area contributed by atoms with Gasteiger partial charge in [0.2, 0.25) is 0 Å². The number of nitrogens with zero attached hydrogens (tertiary/aromatic N) is 1. The van der Waals surface area contributed by atoms with Gasteiger partial charge in [0, 0.05) is 12.7 Å². The van der Waals surface area contributed by atoms with Gasteiger partial charge in [-0.05, 0) is 18.7 Å². The number of likely N-dealkylation sites (N-methyl/N-ethyl adjacent to an activating group) is 1. The molecule has 0 fully saturated rings. The van der Waals surface area contributed by atoms with Crippen LogP contribution in [0.25, 0.3) is 0 Å². The number of nitrogens with one attached hydrogen (secondary N) is 1. The van der Waals surface area contributed by atoms with Crippen molar-refractivity contribution >= 4 is 0 Å². The molecule has 0 aliphatic carbocycles. The van der Waals surface area contributed by atoms with Crippen LogP contribution >= 0.6 is 0 Å². The molecule has 0 aliphatic heterocycles. The van der Waals surface area contributed by atoms with Gasteiger partial charge in [0.1, 0.15) is 5.75 Å². The Morgan fingerprint density at radius 2 is 2.29 bits per heavy atom. The molecule has 4 heteroatoms. The van der Waals surface area contributed by atoms with Crippen LogP contribution in [0.2, 0.25) is 0 Å². The minimum absolute atomic E-state index is 0.575. The second kappa shape index (κ2) is 6.34. The van der Waals surface area contributed by atoms with E-state index in [-0.39, 0.29) is 0 Å². The predicted molar refractivity (Wildman–Crippen MR) is 54.4 cm³/mol. The average Bonchev–Trinajstić information content (AvgIpc) is 2.25. The topological polar surface area (TPSA) is 43.4 Å². The summed E-state index contributed by atoms with van der Waals surface area (Å²) in [5, 5.41) is 3.01. The molecule has 0 radical (unpaired) electrons. The number of rotatable bonds is 6. The molecular formula is C10H16N2O2. The zero-order valence-corrected chi connectivity index (χ0v) is 8.62. The van der Waals surface area contributed by atoms with Crippen molar-refractivity contribution in [2.45, 2.75) is 6.61 Å². The van der Waals surface area contributed by atoms with Crippen LogP contribution in [0.3, 0.4) is 0 Å². The lowest BCUT2D eigenvalue weighted by Gasteiger charge is -2.05. The second-order valence-corrected chi connectivity index (χ2v) is 2.89. The largest absolute Gasteiger partial charge is 0.495 e. The van der Waals surface area contributed by atoms with Crippen molar-refractivity contribution in [1.29, 1.82) is 0 Å². The van der Waals surface area contributed by atoms with Gasteiger partial charge < -0.3 is 14.8 Å². The molecule has 78 valence electrons. The normalized spacial score (nSPS) is 10.1. The molecule has 1 N–H and O–H groups in total. The van der Waals surface area contributed by atoms with Crippen LogP contribution in [-0.2, 0) is 11.3 Å². The van der Waals surface area contributed by atoms with E-state index in [0.29, 0.717) is 13.2 Å². The fourth-order valence-electron chi connectivity index (χ4n) is 1.02. The van der Waals surface area contributed by atoms with Gasteiger partial charge in [-0.25, -0.2) is 0 Å². The Hall–Kier alpha value is -1.13. The maximum atomic E-state index is 5.40. The third-order valence-electron chi connectivity index (χ3n) is 1.77. The van der Waals surface area contributed by atoms with E-state index >= 15 is 0 Å². The van der Waals surface area contributed by atoms with Gasteiger partial charge in [0.05, 0.1) is 26.5 Å². The Morgan fingerprint density at radius 1 is 1.43 bits per heavy atom. The molecule has 0 aromatic carbocycles. The van der Waals surface area contributed by atoms with E-state index in [1.165, 1.54) is 0 Å². The average molecular weight is 196 g/mol. The van der Waals surface area contributed by atoms with Crippen molar-refractivity contribution in [2.75, 3.05) is 27.3 Å². The summed E-state index contributed by atoms with van der Waals surface area (Å²) in [6.45, 7) is 2.14. The van der Waals surface area contributed by atoms with Crippen molar-refractivity contribution in [3.63, 3.8) is 0 Å². The van der Waals surface area contributed by atoms with Gasteiger partial charge in [0.25, 0.3) is 0 Å². The third kappa shape index (κ3) is 3.72. The monoisotopic (exact) mass is 196 g/mol. The maximum absolute atomic E-state index is 5.40. The van der Waals surface area contributed by atoms with Gasteiger partial charge in [-0.15, -0.1) is 0 Å². The van der Waals surface area contributed by atoms with Crippen LogP contribution in [-0.4, -0.2) is 32.3 Å². The van der Waals surface area contributed by atoms with Gasteiger partial charge in [0.15, 0.2) is 0 Å². The minimum Gasteiger partial charge on any atom is -0.495 e. The van der Waals surface area contributed by atoms with E-state index in [1.807, 2.05) is 13.1 Å². The van der Waals surface area contributed by atoms with Crippen LogP contribution in [0.4, 0.5) is 0 Å². The van der Waals surface area contributed by atoms with Crippen molar-refractivity contribution in [3.05, 3.63) is 24.0 Å². The second-order valence-electron chi connectivity index (χ2n) is 2.89. The number of pyridine rings is 1. The van der Waals surface area contributed by atoms with Crippen molar-refractivity contribution < 1.29 is 9.47 Å². The Morgan fingerprint density at radius 3 is 3.00 bits per heavy atom. The number of hydrogen-bond acceptors (Lipinski definition) is 4. The zero-order valence-electron chi connectivity index (χ0n) is 8.62. The zero-order chi connectivity index (χ0) is 10.2. The van der Waals surface area contributed by atoms with E-state index < -0.39 is 0 Å².